The van der Waals surface area contributed by atoms with E-state index in [0.29, 0.717) is 0 Å². The predicted octanol–water partition coefficient (Wildman–Crippen LogP) is 5.02. The first-order valence-electron chi connectivity index (χ1n) is 13.3. The van der Waals surface area contributed by atoms with Crippen molar-refractivity contribution in [2.24, 2.45) is 0 Å². The maximum absolute atomic E-state index is 13.0. The van der Waals surface area contributed by atoms with Crippen LogP contribution in [0.1, 0.15) is 30.9 Å². The minimum absolute atomic E-state index is 0.00961. The van der Waals surface area contributed by atoms with Crippen LogP contribution in [0.2, 0.25) is 0 Å². The van der Waals surface area contributed by atoms with E-state index >= 15 is 0 Å². The van der Waals surface area contributed by atoms with E-state index in [1.165, 1.54) is 36.5 Å². The van der Waals surface area contributed by atoms with Gasteiger partial charge < -0.3 is 19.9 Å². The number of nitrogens with zero attached hydrogens (tertiary/aromatic N) is 4. The molecule has 1 aliphatic rings. The van der Waals surface area contributed by atoms with E-state index in [4.69, 9.17) is 19.9 Å². The highest BCUT2D eigenvalue weighted by Gasteiger charge is 2.30. The molecular formula is C29H35N5O6. The third kappa shape index (κ3) is 7.25. The Morgan fingerprint density at radius 1 is 1.05 bits per heavy atom. The number of amides is 1. The van der Waals surface area contributed by atoms with Crippen molar-refractivity contribution in [3.05, 3.63) is 75.8 Å². The standard InChI is InChI=1S/C29H35N5O6/c1-3-39-29(35)33(25-18-26(40-17-16-38-2)31-28(30)27(25)34(36)37)20-22-8-12-24(13-9-22)23-10-6-21(7-11-23)19-32-14-4-5-15-32/h6-13,18H,3-5,14-17,19-20H2,1-2H3,(H2,30,31). The van der Waals surface area contributed by atoms with Gasteiger partial charge in [0.1, 0.15) is 12.3 Å². The molecule has 1 aliphatic heterocycles. The third-order valence-electron chi connectivity index (χ3n) is 6.66. The van der Waals surface area contributed by atoms with Crippen LogP contribution < -0.4 is 15.4 Å². The number of methoxy groups -OCH3 is 1. The Hall–Kier alpha value is -4.22. The Labute approximate surface area is 233 Å². The lowest BCUT2D eigenvalue weighted by atomic mass is 10.0. The fourth-order valence-corrected chi connectivity index (χ4v) is 4.65. The van der Waals surface area contributed by atoms with Crippen LogP contribution >= 0.6 is 0 Å². The highest BCUT2D eigenvalue weighted by Crippen LogP contribution is 2.37. The molecule has 11 heteroatoms. The number of likely N-dealkylation sites (tertiary alicyclic amines) is 1. The summed E-state index contributed by atoms with van der Waals surface area (Å²) in [6, 6.07) is 17.5. The molecule has 0 bridgehead atoms. The number of carbonyl (C=O) groups is 1. The molecule has 1 saturated heterocycles. The van der Waals surface area contributed by atoms with Crippen molar-refractivity contribution >= 4 is 23.3 Å². The Morgan fingerprint density at radius 2 is 1.68 bits per heavy atom. The van der Waals surface area contributed by atoms with Crippen LogP contribution in [0.25, 0.3) is 11.1 Å². The molecule has 0 unspecified atom stereocenters. The highest BCUT2D eigenvalue weighted by molar-refractivity contribution is 5.92. The van der Waals surface area contributed by atoms with Gasteiger partial charge in [0.15, 0.2) is 0 Å². The highest BCUT2D eigenvalue weighted by atomic mass is 16.6. The zero-order valence-electron chi connectivity index (χ0n) is 22.9. The number of nitro groups is 1. The second-order valence-electron chi connectivity index (χ2n) is 9.47. The summed E-state index contributed by atoms with van der Waals surface area (Å²) in [6.45, 7) is 5.48. The molecule has 3 aromatic rings. The molecule has 1 amide bonds. The summed E-state index contributed by atoms with van der Waals surface area (Å²) < 4.78 is 15.7. The maximum atomic E-state index is 13.0. The molecule has 2 aromatic carbocycles. The second kappa shape index (κ2) is 13.7. The molecule has 0 aliphatic carbocycles. The van der Waals surface area contributed by atoms with Gasteiger partial charge in [-0.05, 0) is 55.1 Å². The van der Waals surface area contributed by atoms with Gasteiger partial charge in [-0.2, -0.15) is 4.98 Å². The van der Waals surface area contributed by atoms with Gasteiger partial charge in [0, 0.05) is 19.7 Å². The van der Waals surface area contributed by atoms with Crippen LogP contribution in [0.4, 0.5) is 22.0 Å². The number of hydrogen-bond donors (Lipinski definition) is 1. The van der Waals surface area contributed by atoms with Crippen molar-refractivity contribution in [2.45, 2.75) is 32.9 Å². The SMILES string of the molecule is CCOC(=O)N(Cc1ccc(-c2ccc(CN3CCCC3)cc2)cc1)c1cc(OCCOC)nc(N)c1[N+](=O)[O-]. The molecule has 1 fully saturated rings. The number of hydrogen-bond acceptors (Lipinski definition) is 9. The Kier molecular flexibility index (Phi) is 9.87. The van der Waals surface area contributed by atoms with E-state index in [9.17, 15) is 14.9 Å². The first-order valence-corrected chi connectivity index (χ1v) is 13.3. The van der Waals surface area contributed by atoms with Gasteiger partial charge in [0.05, 0.1) is 24.7 Å². The van der Waals surface area contributed by atoms with Gasteiger partial charge in [0.25, 0.3) is 0 Å². The summed E-state index contributed by atoms with van der Waals surface area (Å²) in [5.74, 6) is -0.333. The minimum Gasteiger partial charge on any atom is -0.475 e. The number of benzene rings is 2. The molecule has 0 atom stereocenters. The fraction of sp³-hybridized carbons (Fsp3) is 0.379. The summed E-state index contributed by atoms with van der Waals surface area (Å²) in [5, 5.41) is 11.9. The van der Waals surface area contributed by atoms with E-state index in [1.807, 2.05) is 24.3 Å². The first kappa shape index (κ1) is 28.8. The predicted molar refractivity (Wildman–Crippen MR) is 152 cm³/mol. The van der Waals surface area contributed by atoms with Crippen LogP contribution in [-0.2, 0) is 22.6 Å². The number of nitrogens with two attached hydrogens (primary N) is 1. The molecule has 4 rings (SSSR count). The molecule has 1 aromatic heterocycles. The summed E-state index contributed by atoms with van der Waals surface area (Å²) in [5.41, 5.74) is 9.49. The van der Waals surface area contributed by atoms with Crippen LogP contribution in [0, 0.1) is 10.1 Å². The quantitative estimate of drug-likeness (QED) is 0.188. The fourth-order valence-electron chi connectivity index (χ4n) is 4.65. The summed E-state index contributed by atoms with van der Waals surface area (Å²) >= 11 is 0. The summed E-state index contributed by atoms with van der Waals surface area (Å²) in [6.07, 6.45) is 1.78. The summed E-state index contributed by atoms with van der Waals surface area (Å²) in [7, 11) is 1.52. The Morgan fingerprint density at radius 3 is 2.25 bits per heavy atom. The number of aromatic nitrogens is 1. The number of rotatable bonds is 12. The molecular weight excluding hydrogens is 514 g/mol. The van der Waals surface area contributed by atoms with Crippen LogP contribution in [-0.4, -0.2) is 60.9 Å². The molecule has 2 heterocycles. The van der Waals surface area contributed by atoms with Gasteiger partial charge in [-0.15, -0.1) is 0 Å². The molecule has 0 radical (unpaired) electrons. The van der Waals surface area contributed by atoms with E-state index in [-0.39, 0.29) is 43.8 Å². The average molecular weight is 550 g/mol. The van der Waals surface area contributed by atoms with Crippen LogP contribution in [0.3, 0.4) is 0 Å². The topological polar surface area (TPSA) is 133 Å². The van der Waals surface area contributed by atoms with E-state index < -0.39 is 16.7 Å². The zero-order valence-corrected chi connectivity index (χ0v) is 22.9. The lowest BCUT2D eigenvalue weighted by molar-refractivity contribution is -0.383. The van der Waals surface area contributed by atoms with Gasteiger partial charge in [-0.25, -0.2) is 4.79 Å². The van der Waals surface area contributed by atoms with Crippen molar-refractivity contribution < 1.29 is 23.9 Å². The molecule has 0 saturated carbocycles. The van der Waals surface area contributed by atoms with Gasteiger partial charge in [-0.1, -0.05) is 48.5 Å². The van der Waals surface area contributed by atoms with Crippen molar-refractivity contribution in [1.82, 2.24) is 9.88 Å². The van der Waals surface area contributed by atoms with Crippen molar-refractivity contribution in [1.29, 1.82) is 0 Å². The molecule has 2 N–H and O–H groups in total. The number of ether oxygens (including phenoxy) is 3. The normalized spacial score (nSPS) is 13.2. The van der Waals surface area contributed by atoms with Crippen molar-refractivity contribution in [2.75, 3.05) is 50.7 Å². The Balaban J connectivity index is 1.57. The number of carbonyl (C=O) groups excluding carboxylic acids is 1. The Bertz CT molecular complexity index is 1290. The smallest absolute Gasteiger partial charge is 0.414 e. The van der Waals surface area contributed by atoms with Gasteiger partial charge in [0.2, 0.25) is 11.7 Å². The van der Waals surface area contributed by atoms with Gasteiger partial charge >= 0.3 is 11.8 Å². The van der Waals surface area contributed by atoms with E-state index in [0.717, 1.165) is 36.3 Å². The lowest BCUT2D eigenvalue weighted by Gasteiger charge is -2.23. The minimum atomic E-state index is -0.753. The van der Waals surface area contributed by atoms with E-state index in [1.54, 1.807) is 6.92 Å². The number of anilines is 2. The zero-order chi connectivity index (χ0) is 28.5. The first-order chi connectivity index (χ1) is 19.4. The molecule has 212 valence electrons. The van der Waals surface area contributed by atoms with Crippen LogP contribution in [0.5, 0.6) is 5.88 Å². The number of nitrogen functional groups attached to an aromatic ring is 1. The number of pyridine rings is 1. The average Bonchev–Trinajstić information content (AvgIpc) is 3.45. The van der Waals surface area contributed by atoms with E-state index in [2.05, 4.69) is 34.1 Å². The molecule has 40 heavy (non-hydrogen) atoms. The maximum Gasteiger partial charge on any atom is 0.414 e. The van der Waals surface area contributed by atoms with Crippen molar-refractivity contribution in [3.63, 3.8) is 0 Å². The van der Waals surface area contributed by atoms with Crippen molar-refractivity contribution in [3.8, 4) is 17.0 Å². The second-order valence-corrected chi connectivity index (χ2v) is 9.47. The van der Waals surface area contributed by atoms with Crippen LogP contribution in [0.15, 0.2) is 54.6 Å². The molecule has 0 spiro atoms. The largest absolute Gasteiger partial charge is 0.475 e. The summed E-state index contributed by atoms with van der Waals surface area (Å²) in [4.78, 5) is 31.9. The third-order valence-corrected chi connectivity index (χ3v) is 6.66. The van der Waals surface area contributed by atoms with Gasteiger partial charge in [-0.3, -0.25) is 19.9 Å². The lowest BCUT2D eigenvalue weighted by Crippen LogP contribution is -2.32. The monoisotopic (exact) mass is 549 g/mol. The molecule has 11 nitrogen and oxygen atoms in total.